The molecule has 5 nitrogen and oxygen atoms in total. The van der Waals surface area contributed by atoms with Gasteiger partial charge >= 0.3 is 0 Å². The van der Waals surface area contributed by atoms with Crippen LogP contribution < -0.4 is 10.0 Å². The fraction of sp³-hybridized carbons (Fsp3) is 1.00. The van der Waals surface area contributed by atoms with Crippen LogP contribution in [-0.2, 0) is 10.0 Å². The smallest absolute Gasteiger partial charge is 0.211 e. The van der Waals surface area contributed by atoms with Gasteiger partial charge in [0.05, 0.1) is 5.75 Å². The first-order valence-electron chi connectivity index (χ1n) is 6.40. The van der Waals surface area contributed by atoms with Crippen LogP contribution in [0.4, 0.5) is 0 Å². The standard InChI is InChI=1S/C11H27N3O2S/c1-4-9-14(5-2)10-8-13-17(15,16)11-6-7-12-3/h12-13H,4-11H2,1-3H3. The molecule has 104 valence electrons. The van der Waals surface area contributed by atoms with E-state index in [0.29, 0.717) is 13.0 Å². The fourth-order valence-corrected chi connectivity index (χ4v) is 2.69. The first-order chi connectivity index (χ1) is 8.05. The largest absolute Gasteiger partial charge is 0.320 e. The zero-order chi connectivity index (χ0) is 13.1. The van der Waals surface area contributed by atoms with Crippen molar-refractivity contribution in [3.8, 4) is 0 Å². The van der Waals surface area contributed by atoms with Crippen molar-refractivity contribution in [1.29, 1.82) is 0 Å². The Hall–Kier alpha value is -0.170. The van der Waals surface area contributed by atoms with Gasteiger partial charge in [-0.3, -0.25) is 0 Å². The zero-order valence-corrected chi connectivity index (χ0v) is 12.1. The lowest BCUT2D eigenvalue weighted by Gasteiger charge is -2.19. The molecule has 0 spiro atoms. The van der Waals surface area contributed by atoms with Gasteiger partial charge in [-0.15, -0.1) is 0 Å². The third-order valence-electron chi connectivity index (χ3n) is 2.58. The first-order valence-corrected chi connectivity index (χ1v) is 8.05. The van der Waals surface area contributed by atoms with Crippen LogP contribution in [-0.4, -0.2) is 58.8 Å². The second-order valence-corrected chi connectivity index (χ2v) is 6.03. The van der Waals surface area contributed by atoms with Crippen molar-refractivity contribution in [2.45, 2.75) is 26.7 Å². The van der Waals surface area contributed by atoms with Gasteiger partial charge in [0.15, 0.2) is 0 Å². The predicted octanol–water partition coefficient (Wildman–Crippen LogP) is 0.247. The van der Waals surface area contributed by atoms with E-state index in [1.807, 2.05) is 7.05 Å². The second kappa shape index (κ2) is 9.82. The summed E-state index contributed by atoms with van der Waals surface area (Å²) >= 11 is 0. The Morgan fingerprint density at radius 3 is 2.35 bits per heavy atom. The molecule has 0 aromatic heterocycles. The topological polar surface area (TPSA) is 61.4 Å². The van der Waals surface area contributed by atoms with E-state index >= 15 is 0 Å². The van der Waals surface area contributed by atoms with E-state index in [4.69, 9.17) is 0 Å². The Kier molecular flexibility index (Phi) is 9.72. The number of nitrogens with zero attached hydrogens (tertiary/aromatic N) is 1. The van der Waals surface area contributed by atoms with E-state index in [0.717, 1.165) is 32.6 Å². The van der Waals surface area contributed by atoms with Crippen molar-refractivity contribution >= 4 is 10.0 Å². The highest BCUT2D eigenvalue weighted by molar-refractivity contribution is 7.89. The molecule has 2 N–H and O–H groups in total. The number of nitrogens with one attached hydrogen (secondary N) is 2. The molecule has 0 rings (SSSR count). The molecule has 0 heterocycles. The third-order valence-corrected chi connectivity index (χ3v) is 4.05. The Morgan fingerprint density at radius 2 is 1.82 bits per heavy atom. The zero-order valence-electron chi connectivity index (χ0n) is 11.3. The summed E-state index contributed by atoms with van der Waals surface area (Å²) in [5.41, 5.74) is 0. The Balaban J connectivity index is 3.77. The number of sulfonamides is 1. The SMILES string of the molecule is CCCN(CC)CCNS(=O)(=O)CCCNC. The molecule has 0 aliphatic heterocycles. The van der Waals surface area contributed by atoms with Gasteiger partial charge in [0.1, 0.15) is 0 Å². The molecule has 0 fully saturated rings. The van der Waals surface area contributed by atoms with E-state index in [1.165, 1.54) is 0 Å². The highest BCUT2D eigenvalue weighted by Crippen LogP contribution is 1.92. The predicted molar refractivity (Wildman–Crippen MR) is 72.7 cm³/mol. The van der Waals surface area contributed by atoms with Crippen LogP contribution in [0.25, 0.3) is 0 Å². The number of hydrogen-bond acceptors (Lipinski definition) is 4. The first kappa shape index (κ1) is 16.8. The molecular formula is C11H27N3O2S. The quantitative estimate of drug-likeness (QED) is 0.526. The van der Waals surface area contributed by atoms with Gasteiger partial charge in [0.25, 0.3) is 0 Å². The molecule has 0 aliphatic carbocycles. The lowest BCUT2D eigenvalue weighted by molar-refractivity contribution is 0.293. The lowest BCUT2D eigenvalue weighted by atomic mass is 10.4. The summed E-state index contributed by atoms with van der Waals surface area (Å²) < 4.78 is 25.8. The van der Waals surface area contributed by atoms with Crippen molar-refractivity contribution in [2.75, 3.05) is 45.5 Å². The van der Waals surface area contributed by atoms with E-state index in [9.17, 15) is 8.42 Å². The molecular weight excluding hydrogens is 238 g/mol. The molecule has 0 unspecified atom stereocenters. The molecule has 0 saturated carbocycles. The van der Waals surface area contributed by atoms with Crippen LogP contribution in [0, 0.1) is 0 Å². The van der Waals surface area contributed by atoms with Crippen LogP contribution >= 0.6 is 0 Å². The summed E-state index contributed by atoms with van der Waals surface area (Å²) in [6.45, 7) is 8.25. The highest BCUT2D eigenvalue weighted by Gasteiger charge is 2.09. The average Bonchev–Trinajstić information content (AvgIpc) is 2.28. The third kappa shape index (κ3) is 9.52. The number of rotatable bonds is 11. The molecule has 0 aromatic rings. The van der Waals surface area contributed by atoms with Crippen molar-refractivity contribution < 1.29 is 8.42 Å². The fourth-order valence-electron chi connectivity index (χ4n) is 1.61. The minimum absolute atomic E-state index is 0.202. The van der Waals surface area contributed by atoms with Gasteiger partial charge in [-0.2, -0.15) is 0 Å². The summed E-state index contributed by atoms with van der Waals surface area (Å²) in [6, 6.07) is 0. The van der Waals surface area contributed by atoms with Crippen molar-refractivity contribution in [2.24, 2.45) is 0 Å². The summed E-state index contributed by atoms with van der Waals surface area (Å²) in [4.78, 5) is 2.25. The summed E-state index contributed by atoms with van der Waals surface area (Å²) in [7, 11) is -1.27. The van der Waals surface area contributed by atoms with Crippen molar-refractivity contribution in [3.05, 3.63) is 0 Å². The van der Waals surface area contributed by atoms with Crippen LogP contribution in [0.2, 0.25) is 0 Å². The van der Waals surface area contributed by atoms with Gasteiger partial charge in [-0.1, -0.05) is 13.8 Å². The highest BCUT2D eigenvalue weighted by atomic mass is 32.2. The molecule has 6 heteroatoms. The van der Waals surface area contributed by atoms with E-state index < -0.39 is 10.0 Å². The summed E-state index contributed by atoms with van der Waals surface area (Å²) in [5.74, 6) is 0.202. The van der Waals surface area contributed by atoms with Gasteiger partial charge in [-0.25, -0.2) is 13.1 Å². The average molecular weight is 265 g/mol. The van der Waals surface area contributed by atoms with Crippen LogP contribution in [0.15, 0.2) is 0 Å². The molecule has 0 bridgehead atoms. The molecule has 17 heavy (non-hydrogen) atoms. The molecule has 0 radical (unpaired) electrons. The minimum Gasteiger partial charge on any atom is -0.320 e. The Labute approximate surface area is 106 Å². The normalized spacial score (nSPS) is 12.2. The van der Waals surface area contributed by atoms with Gasteiger partial charge in [0.2, 0.25) is 10.0 Å². The van der Waals surface area contributed by atoms with E-state index in [2.05, 4.69) is 28.8 Å². The molecule has 0 amide bonds. The number of likely N-dealkylation sites (N-methyl/N-ethyl adjacent to an activating group) is 1. The van der Waals surface area contributed by atoms with Crippen LogP contribution in [0.5, 0.6) is 0 Å². The summed E-state index contributed by atoms with van der Waals surface area (Å²) in [6.07, 6.45) is 1.75. The molecule has 0 atom stereocenters. The minimum atomic E-state index is -3.09. The monoisotopic (exact) mass is 265 g/mol. The summed E-state index contributed by atoms with van der Waals surface area (Å²) in [5, 5.41) is 2.94. The van der Waals surface area contributed by atoms with E-state index in [-0.39, 0.29) is 5.75 Å². The van der Waals surface area contributed by atoms with Gasteiger partial charge < -0.3 is 10.2 Å². The van der Waals surface area contributed by atoms with Gasteiger partial charge in [0, 0.05) is 13.1 Å². The van der Waals surface area contributed by atoms with Crippen LogP contribution in [0.3, 0.4) is 0 Å². The van der Waals surface area contributed by atoms with E-state index in [1.54, 1.807) is 0 Å². The van der Waals surface area contributed by atoms with Crippen molar-refractivity contribution in [3.63, 3.8) is 0 Å². The maximum atomic E-state index is 11.6. The van der Waals surface area contributed by atoms with Crippen LogP contribution in [0.1, 0.15) is 26.7 Å². The molecule has 0 aromatic carbocycles. The molecule has 0 saturated heterocycles. The maximum Gasteiger partial charge on any atom is 0.211 e. The second-order valence-electron chi connectivity index (χ2n) is 4.10. The Morgan fingerprint density at radius 1 is 1.12 bits per heavy atom. The maximum absolute atomic E-state index is 11.6. The lowest BCUT2D eigenvalue weighted by Crippen LogP contribution is -2.36. The van der Waals surface area contributed by atoms with Gasteiger partial charge in [-0.05, 0) is 39.5 Å². The Bertz CT molecular complexity index is 268. The van der Waals surface area contributed by atoms with Crippen molar-refractivity contribution in [1.82, 2.24) is 14.9 Å². The number of hydrogen-bond donors (Lipinski definition) is 2. The molecule has 0 aliphatic rings.